The van der Waals surface area contributed by atoms with Gasteiger partial charge in [-0.05, 0) is 30.4 Å². The third-order valence-corrected chi connectivity index (χ3v) is 2.97. The van der Waals surface area contributed by atoms with E-state index in [9.17, 15) is 0 Å². The highest BCUT2D eigenvalue weighted by Crippen LogP contribution is 2.27. The Bertz CT molecular complexity index is 488. The molecule has 0 bridgehead atoms. The van der Waals surface area contributed by atoms with E-state index in [1.165, 1.54) is 29.2 Å². The Kier molecular flexibility index (Phi) is 4.03. The molecule has 2 aromatic carbocycles. The first kappa shape index (κ1) is 12.0. The van der Waals surface area contributed by atoms with Gasteiger partial charge in [0.15, 0.2) is 0 Å². The quantitative estimate of drug-likeness (QED) is 0.673. The van der Waals surface area contributed by atoms with Crippen LogP contribution in [0, 0.1) is 6.92 Å². The molecule has 2 rings (SSSR count). The first-order valence-electron chi connectivity index (χ1n) is 6.43. The Balaban J connectivity index is 2.20. The fraction of sp³-hybridized carbons (Fsp3) is 0.375. The van der Waals surface area contributed by atoms with Gasteiger partial charge in [0.05, 0.1) is 6.61 Å². The second kappa shape index (κ2) is 5.72. The van der Waals surface area contributed by atoms with E-state index < -0.39 is 0 Å². The topological polar surface area (TPSA) is 9.23 Å². The summed E-state index contributed by atoms with van der Waals surface area (Å²) < 4.78 is 5.90. The van der Waals surface area contributed by atoms with Gasteiger partial charge in [-0.1, -0.05) is 50.1 Å². The lowest BCUT2D eigenvalue weighted by atomic mass is 10.1. The van der Waals surface area contributed by atoms with E-state index in [-0.39, 0.29) is 0 Å². The van der Waals surface area contributed by atoms with E-state index in [4.69, 9.17) is 4.74 Å². The highest BCUT2D eigenvalue weighted by Gasteiger charge is 2.02. The molecule has 2 aromatic rings. The fourth-order valence-corrected chi connectivity index (χ4v) is 2.07. The maximum atomic E-state index is 5.90. The molecule has 17 heavy (non-hydrogen) atoms. The summed E-state index contributed by atoms with van der Waals surface area (Å²) in [7, 11) is 0. The summed E-state index contributed by atoms with van der Waals surface area (Å²) in [5, 5.41) is 2.48. The summed E-state index contributed by atoms with van der Waals surface area (Å²) in [6.07, 6.45) is 3.61. The molecule has 1 heteroatoms. The first-order chi connectivity index (χ1) is 8.31. The van der Waals surface area contributed by atoms with Crippen LogP contribution >= 0.6 is 0 Å². The Morgan fingerprint density at radius 3 is 2.71 bits per heavy atom. The molecule has 90 valence electrons. The van der Waals surface area contributed by atoms with E-state index in [2.05, 4.69) is 50.2 Å². The van der Waals surface area contributed by atoms with Gasteiger partial charge in [0, 0.05) is 5.39 Å². The maximum Gasteiger partial charge on any atom is 0.127 e. The van der Waals surface area contributed by atoms with Gasteiger partial charge in [-0.25, -0.2) is 0 Å². The fourth-order valence-electron chi connectivity index (χ4n) is 2.07. The van der Waals surface area contributed by atoms with Crippen LogP contribution in [0.5, 0.6) is 5.75 Å². The maximum absolute atomic E-state index is 5.90. The Morgan fingerprint density at radius 1 is 1.06 bits per heavy atom. The van der Waals surface area contributed by atoms with Crippen molar-refractivity contribution in [3.05, 3.63) is 42.0 Å². The van der Waals surface area contributed by atoms with Gasteiger partial charge in [0.1, 0.15) is 5.75 Å². The second-order valence-electron chi connectivity index (χ2n) is 4.54. The average Bonchev–Trinajstić information content (AvgIpc) is 2.34. The molecule has 0 saturated carbocycles. The van der Waals surface area contributed by atoms with Crippen molar-refractivity contribution in [2.45, 2.75) is 33.1 Å². The van der Waals surface area contributed by atoms with Crippen molar-refractivity contribution < 1.29 is 4.74 Å². The van der Waals surface area contributed by atoms with Gasteiger partial charge in [-0.15, -0.1) is 0 Å². The van der Waals surface area contributed by atoms with Gasteiger partial charge < -0.3 is 4.74 Å². The van der Waals surface area contributed by atoms with Crippen molar-refractivity contribution in [1.82, 2.24) is 0 Å². The van der Waals surface area contributed by atoms with Crippen molar-refractivity contribution in [3.63, 3.8) is 0 Å². The van der Waals surface area contributed by atoms with Crippen molar-refractivity contribution in [2.75, 3.05) is 6.61 Å². The molecule has 0 saturated heterocycles. The molecule has 0 aromatic heterocycles. The zero-order valence-electron chi connectivity index (χ0n) is 10.7. The molecule has 0 aliphatic rings. The Hall–Kier alpha value is -1.50. The van der Waals surface area contributed by atoms with Gasteiger partial charge in [-0.3, -0.25) is 0 Å². The SMILES string of the molecule is CCCCCOc1cc(C)cc2ccccc12. The number of hydrogen-bond donors (Lipinski definition) is 0. The monoisotopic (exact) mass is 228 g/mol. The van der Waals surface area contributed by atoms with E-state index in [1.807, 2.05) is 0 Å². The number of aryl methyl sites for hydroxylation is 1. The van der Waals surface area contributed by atoms with Crippen LogP contribution in [-0.2, 0) is 0 Å². The third kappa shape index (κ3) is 3.00. The van der Waals surface area contributed by atoms with E-state index in [0.717, 1.165) is 18.8 Å². The second-order valence-corrected chi connectivity index (χ2v) is 4.54. The predicted octanol–water partition coefficient (Wildman–Crippen LogP) is 4.72. The first-order valence-corrected chi connectivity index (χ1v) is 6.43. The zero-order chi connectivity index (χ0) is 12.1. The molecule has 0 spiro atoms. The van der Waals surface area contributed by atoms with Crippen molar-refractivity contribution >= 4 is 10.8 Å². The van der Waals surface area contributed by atoms with Crippen LogP contribution in [0.2, 0.25) is 0 Å². The lowest BCUT2D eigenvalue weighted by Gasteiger charge is -2.10. The van der Waals surface area contributed by atoms with Gasteiger partial charge in [0.2, 0.25) is 0 Å². The Labute approximate surface area is 103 Å². The molecule has 0 aliphatic heterocycles. The standard InChI is InChI=1S/C16H20O/c1-3-4-7-10-17-16-12-13(2)11-14-8-5-6-9-15(14)16/h5-6,8-9,11-12H,3-4,7,10H2,1-2H3. The van der Waals surface area contributed by atoms with Crippen LogP contribution in [0.3, 0.4) is 0 Å². The summed E-state index contributed by atoms with van der Waals surface area (Å²) in [5.41, 5.74) is 1.26. The third-order valence-electron chi connectivity index (χ3n) is 2.97. The molecule has 0 heterocycles. The van der Waals surface area contributed by atoms with Crippen molar-refractivity contribution in [1.29, 1.82) is 0 Å². The number of rotatable bonds is 5. The molecule has 0 radical (unpaired) electrons. The summed E-state index contributed by atoms with van der Waals surface area (Å²) in [4.78, 5) is 0. The van der Waals surface area contributed by atoms with Crippen LogP contribution in [-0.4, -0.2) is 6.61 Å². The molecule has 0 N–H and O–H groups in total. The highest BCUT2D eigenvalue weighted by atomic mass is 16.5. The average molecular weight is 228 g/mol. The highest BCUT2D eigenvalue weighted by molar-refractivity contribution is 5.88. The normalized spacial score (nSPS) is 10.7. The van der Waals surface area contributed by atoms with E-state index in [0.29, 0.717) is 0 Å². The van der Waals surface area contributed by atoms with Gasteiger partial charge in [0.25, 0.3) is 0 Å². The predicted molar refractivity (Wildman–Crippen MR) is 73.7 cm³/mol. The number of unbranched alkanes of at least 4 members (excludes halogenated alkanes) is 2. The van der Waals surface area contributed by atoms with Crippen LogP contribution < -0.4 is 4.74 Å². The molecule has 0 unspecified atom stereocenters. The lowest BCUT2D eigenvalue weighted by Crippen LogP contribution is -1.98. The minimum Gasteiger partial charge on any atom is -0.493 e. The minimum atomic E-state index is 0.821. The molecular weight excluding hydrogens is 208 g/mol. The molecule has 1 nitrogen and oxygen atoms in total. The van der Waals surface area contributed by atoms with Crippen LogP contribution in [0.1, 0.15) is 31.7 Å². The van der Waals surface area contributed by atoms with Crippen molar-refractivity contribution in [3.8, 4) is 5.75 Å². The van der Waals surface area contributed by atoms with Gasteiger partial charge in [-0.2, -0.15) is 0 Å². The van der Waals surface area contributed by atoms with Crippen LogP contribution in [0.25, 0.3) is 10.8 Å². The molecule has 0 atom stereocenters. The van der Waals surface area contributed by atoms with Crippen LogP contribution in [0.4, 0.5) is 0 Å². The molecular formula is C16H20O. The zero-order valence-corrected chi connectivity index (χ0v) is 10.7. The molecule has 0 amide bonds. The smallest absolute Gasteiger partial charge is 0.127 e. The van der Waals surface area contributed by atoms with E-state index >= 15 is 0 Å². The number of hydrogen-bond acceptors (Lipinski definition) is 1. The lowest BCUT2D eigenvalue weighted by molar-refractivity contribution is 0.309. The number of ether oxygens (including phenoxy) is 1. The number of fused-ring (bicyclic) bond motifs is 1. The van der Waals surface area contributed by atoms with Gasteiger partial charge >= 0.3 is 0 Å². The largest absolute Gasteiger partial charge is 0.493 e. The summed E-state index contributed by atoms with van der Waals surface area (Å²) >= 11 is 0. The van der Waals surface area contributed by atoms with Crippen molar-refractivity contribution in [2.24, 2.45) is 0 Å². The summed E-state index contributed by atoms with van der Waals surface area (Å²) in [6, 6.07) is 12.7. The molecule has 0 aliphatic carbocycles. The number of benzene rings is 2. The van der Waals surface area contributed by atoms with E-state index in [1.54, 1.807) is 0 Å². The summed E-state index contributed by atoms with van der Waals surface area (Å²) in [6.45, 7) is 5.15. The Morgan fingerprint density at radius 2 is 1.88 bits per heavy atom. The van der Waals surface area contributed by atoms with Crippen LogP contribution in [0.15, 0.2) is 36.4 Å². The minimum absolute atomic E-state index is 0.821. The molecule has 0 fully saturated rings. The summed E-state index contributed by atoms with van der Waals surface area (Å²) in [5.74, 6) is 1.02.